The number of carbonyl (C=O) groups excluding carboxylic acids is 1. The Morgan fingerprint density at radius 3 is 2.48 bits per heavy atom. The first kappa shape index (κ1) is 16.1. The molecule has 3 N–H and O–H groups in total. The highest BCUT2D eigenvalue weighted by Gasteiger charge is 2.41. The maximum atomic E-state index is 12.2. The lowest BCUT2D eigenvalue weighted by molar-refractivity contribution is -0.145. The van der Waals surface area contributed by atoms with Gasteiger partial charge in [0.1, 0.15) is 5.54 Å². The van der Waals surface area contributed by atoms with Crippen molar-refractivity contribution in [2.24, 2.45) is 0 Å². The molecule has 1 aliphatic heterocycles. The van der Waals surface area contributed by atoms with Crippen molar-refractivity contribution in [3.63, 3.8) is 0 Å². The van der Waals surface area contributed by atoms with E-state index in [9.17, 15) is 14.7 Å². The van der Waals surface area contributed by atoms with E-state index in [2.05, 4.69) is 29.5 Å². The molecule has 1 saturated carbocycles. The molecule has 2 atom stereocenters. The number of hydrogen-bond acceptors (Lipinski definition) is 3. The summed E-state index contributed by atoms with van der Waals surface area (Å²) >= 11 is 0. The number of carboxylic acids is 1. The standard InChI is InChI=1S/C15H27N3O3/c1-11-10-12(6-9-18(11)2)16-14(21)17-15(13(19)20)7-4-3-5-8-15/h11-12H,3-10H2,1-2H3,(H,19,20)(H2,16,17,21). The molecule has 1 heterocycles. The lowest BCUT2D eigenvalue weighted by atomic mass is 9.82. The van der Waals surface area contributed by atoms with Crippen LogP contribution in [-0.4, -0.2) is 53.2 Å². The third-order valence-corrected chi connectivity index (χ3v) is 5.01. The van der Waals surface area contributed by atoms with Crippen LogP contribution in [0, 0.1) is 0 Å². The second-order valence-corrected chi connectivity index (χ2v) is 6.60. The number of carboxylic acid groups (broad SMARTS) is 1. The average molecular weight is 297 g/mol. The molecule has 0 aromatic carbocycles. The molecule has 0 bridgehead atoms. The SMILES string of the molecule is CC1CC(NC(=O)NC2(C(=O)O)CCCCC2)CCN1C. The highest BCUT2D eigenvalue weighted by Crippen LogP contribution is 2.28. The first-order valence-corrected chi connectivity index (χ1v) is 7.95. The minimum absolute atomic E-state index is 0.130. The van der Waals surface area contributed by atoms with E-state index in [1.807, 2.05) is 0 Å². The fraction of sp³-hybridized carbons (Fsp3) is 0.867. The van der Waals surface area contributed by atoms with E-state index < -0.39 is 11.5 Å². The lowest BCUT2D eigenvalue weighted by Gasteiger charge is -2.37. The van der Waals surface area contributed by atoms with Gasteiger partial charge in [0, 0.05) is 18.6 Å². The number of rotatable bonds is 3. The molecule has 2 fully saturated rings. The Morgan fingerprint density at radius 1 is 1.24 bits per heavy atom. The molecule has 6 nitrogen and oxygen atoms in total. The van der Waals surface area contributed by atoms with Crippen molar-refractivity contribution in [1.82, 2.24) is 15.5 Å². The highest BCUT2D eigenvalue weighted by atomic mass is 16.4. The monoisotopic (exact) mass is 297 g/mol. The van der Waals surface area contributed by atoms with E-state index in [1.54, 1.807) is 0 Å². The molecule has 1 aliphatic carbocycles. The Labute approximate surface area is 126 Å². The normalized spacial score (nSPS) is 29.6. The van der Waals surface area contributed by atoms with Gasteiger partial charge < -0.3 is 20.6 Å². The molecular weight excluding hydrogens is 270 g/mol. The van der Waals surface area contributed by atoms with E-state index in [0.717, 1.165) is 38.6 Å². The van der Waals surface area contributed by atoms with Crippen LogP contribution in [0.25, 0.3) is 0 Å². The molecule has 2 aliphatic rings. The van der Waals surface area contributed by atoms with Crippen molar-refractivity contribution in [2.75, 3.05) is 13.6 Å². The van der Waals surface area contributed by atoms with Gasteiger partial charge in [0.15, 0.2) is 0 Å². The summed E-state index contributed by atoms with van der Waals surface area (Å²) in [6, 6.07) is 0.235. The van der Waals surface area contributed by atoms with Gasteiger partial charge in [0.2, 0.25) is 0 Å². The van der Waals surface area contributed by atoms with Gasteiger partial charge in [0.25, 0.3) is 0 Å². The topological polar surface area (TPSA) is 81.7 Å². The van der Waals surface area contributed by atoms with Crippen LogP contribution >= 0.6 is 0 Å². The maximum absolute atomic E-state index is 12.2. The number of nitrogens with one attached hydrogen (secondary N) is 2. The number of nitrogens with zero attached hydrogens (tertiary/aromatic N) is 1. The largest absolute Gasteiger partial charge is 0.480 e. The number of aliphatic carboxylic acids is 1. The van der Waals surface area contributed by atoms with Crippen LogP contribution < -0.4 is 10.6 Å². The van der Waals surface area contributed by atoms with E-state index in [-0.39, 0.29) is 12.1 Å². The Balaban J connectivity index is 1.89. The van der Waals surface area contributed by atoms with Crippen molar-refractivity contribution in [2.45, 2.75) is 69.5 Å². The van der Waals surface area contributed by atoms with Crippen molar-refractivity contribution in [1.29, 1.82) is 0 Å². The number of likely N-dealkylation sites (tertiary alicyclic amines) is 1. The number of hydrogen-bond donors (Lipinski definition) is 3. The van der Waals surface area contributed by atoms with Gasteiger partial charge in [-0.3, -0.25) is 0 Å². The number of piperidine rings is 1. The number of urea groups is 1. The van der Waals surface area contributed by atoms with Gasteiger partial charge in [0.05, 0.1) is 0 Å². The highest BCUT2D eigenvalue weighted by molar-refractivity contribution is 5.86. The summed E-state index contributed by atoms with van der Waals surface area (Å²) in [6.07, 6.45) is 5.64. The zero-order chi connectivity index (χ0) is 15.5. The zero-order valence-corrected chi connectivity index (χ0v) is 13.0. The number of carbonyl (C=O) groups is 2. The van der Waals surface area contributed by atoms with Crippen molar-refractivity contribution in [3.05, 3.63) is 0 Å². The van der Waals surface area contributed by atoms with Crippen LogP contribution in [0.4, 0.5) is 4.79 Å². The van der Waals surface area contributed by atoms with Gasteiger partial charge in [-0.15, -0.1) is 0 Å². The second kappa shape index (κ2) is 6.64. The Kier molecular flexibility index (Phi) is 5.08. The fourth-order valence-corrected chi connectivity index (χ4v) is 3.41. The second-order valence-electron chi connectivity index (χ2n) is 6.60. The molecule has 0 radical (unpaired) electrons. The summed E-state index contributed by atoms with van der Waals surface area (Å²) in [4.78, 5) is 26.0. The molecule has 1 saturated heterocycles. The van der Waals surface area contributed by atoms with E-state index in [0.29, 0.717) is 18.9 Å². The van der Waals surface area contributed by atoms with Crippen LogP contribution in [0.1, 0.15) is 51.9 Å². The summed E-state index contributed by atoms with van der Waals surface area (Å²) in [7, 11) is 2.09. The predicted octanol–water partition coefficient (Wildman–Crippen LogP) is 1.56. The van der Waals surface area contributed by atoms with Crippen molar-refractivity contribution >= 4 is 12.0 Å². The molecule has 2 rings (SSSR count). The van der Waals surface area contributed by atoms with Gasteiger partial charge in [-0.25, -0.2) is 9.59 Å². The van der Waals surface area contributed by atoms with Crippen LogP contribution in [0.15, 0.2) is 0 Å². The van der Waals surface area contributed by atoms with Crippen LogP contribution in [-0.2, 0) is 4.79 Å². The molecule has 2 unspecified atom stereocenters. The average Bonchev–Trinajstić information content (AvgIpc) is 2.43. The van der Waals surface area contributed by atoms with Crippen LogP contribution in [0.3, 0.4) is 0 Å². The van der Waals surface area contributed by atoms with Crippen molar-refractivity contribution < 1.29 is 14.7 Å². The summed E-state index contributed by atoms with van der Waals surface area (Å²) < 4.78 is 0. The molecule has 21 heavy (non-hydrogen) atoms. The van der Waals surface area contributed by atoms with E-state index in [4.69, 9.17) is 0 Å². The molecule has 120 valence electrons. The van der Waals surface area contributed by atoms with Gasteiger partial charge in [-0.2, -0.15) is 0 Å². The molecule has 0 aromatic heterocycles. The Bertz CT molecular complexity index is 394. The summed E-state index contributed by atoms with van der Waals surface area (Å²) in [5, 5.41) is 15.2. The quantitative estimate of drug-likeness (QED) is 0.738. The first-order chi connectivity index (χ1) is 9.93. The molecule has 0 aromatic rings. The number of amides is 2. The summed E-state index contributed by atoms with van der Waals surface area (Å²) in [5.74, 6) is -0.908. The third kappa shape index (κ3) is 3.87. The van der Waals surface area contributed by atoms with Crippen LogP contribution in [0.2, 0.25) is 0 Å². The first-order valence-electron chi connectivity index (χ1n) is 7.95. The van der Waals surface area contributed by atoms with Gasteiger partial charge in [-0.05, 0) is 39.7 Å². The minimum Gasteiger partial charge on any atom is -0.480 e. The van der Waals surface area contributed by atoms with E-state index in [1.165, 1.54) is 0 Å². The zero-order valence-electron chi connectivity index (χ0n) is 13.0. The van der Waals surface area contributed by atoms with Crippen LogP contribution in [0.5, 0.6) is 0 Å². The van der Waals surface area contributed by atoms with Crippen molar-refractivity contribution in [3.8, 4) is 0 Å². The maximum Gasteiger partial charge on any atom is 0.329 e. The summed E-state index contributed by atoms with van der Waals surface area (Å²) in [6.45, 7) is 3.10. The molecule has 6 heteroatoms. The molecule has 0 spiro atoms. The van der Waals surface area contributed by atoms with E-state index >= 15 is 0 Å². The smallest absolute Gasteiger partial charge is 0.329 e. The fourth-order valence-electron chi connectivity index (χ4n) is 3.41. The summed E-state index contributed by atoms with van der Waals surface area (Å²) in [5.41, 5.74) is -1.07. The molecular formula is C15H27N3O3. The lowest BCUT2D eigenvalue weighted by Crippen LogP contribution is -2.60. The third-order valence-electron chi connectivity index (χ3n) is 5.01. The van der Waals surface area contributed by atoms with Gasteiger partial charge >= 0.3 is 12.0 Å². The minimum atomic E-state index is -1.07. The Morgan fingerprint density at radius 2 is 1.90 bits per heavy atom. The predicted molar refractivity (Wildman–Crippen MR) is 80.2 cm³/mol. The van der Waals surface area contributed by atoms with Gasteiger partial charge in [-0.1, -0.05) is 19.3 Å². The molecule has 2 amide bonds. The Hall–Kier alpha value is -1.30.